The van der Waals surface area contributed by atoms with Crippen molar-refractivity contribution in [3.8, 4) is 0 Å². The number of nitrogens with zero attached hydrogens (tertiary/aromatic N) is 5. The Morgan fingerprint density at radius 3 is 2.60 bits per heavy atom. The predicted octanol–water partition coefficient (Wildman–Crippen LogP) is 2.52. The zero-order valence-corrected chi connectivity index (χ0v) is 14.1. The number of carbonyl (C=O) groups excluding carboxylic acids is 1. The SMILES string of the molecule is O=C(C1CCCC1)N1CCC(c2ccnc(Nc3ncccn3)n2)C1. The van der Waals surface area contributed by atoms with Crippen molar-refractivity contribution in [2.24, 2.45) is 5.92 Å². The quantitative estimate of drug-likeness (QED) is 0.922. The zero-order chi connectivity index (χ0) is 17.1. The van der Waals surface area contributed by atoms with Crippen LogP contribution in [-0.2, 0) is 4.79 Å². The molecule has 0 spiro atoms. The van der Waals surface area contributed by atoms with Crippen LogP contribution in [0.25, 0.3) is 0 Å². The molecule has 130 valence electrons. The molecule has 1 saturated carbocycles. The lowest BCUT2D eigenvalue weighted by atomic mass is 10.0. The van der Waals surface area contributed by atoms with E-state index in [1.165, 1.54) is 12.8 Å². The van der Waals surface area contributed by atoms with Crippen molar-refractivity contribution < 1.29 is 4.79 Å². The first-order chi connectivity index (χ1) is 12.3. The van der Waals surface area contributed by atoms with Crippen molar-refractivity contribution >= 4 is 17.8 Å². The Bertz CT molecular complexity index is 731. The maximum absolute atomic E-state index is 12.6. The standard InChI is InChI=1S/C18H22N6O/c25-16(13-4-1-2-5-13)24-11-7-14(12-24)15-6-10-21-18(22-15)23-17-19-8-3-9-20-17/h3,6,8-10,13-14H,1-2,4-5,7,11-12H2,(H,19,20,21,22,23). The van der Waals surface area contributed by atoms with Gasteiger partial charge in [0.15, 0.2) is 0 Å². The summed E-state index contributed by atoms with van der Waals surface area (Å²) in [5.41, 5.74) is 0.968. The van der Waals surface area contributed by atoms with E-state index in [9.17, 15) is 4.79 Å². The number of aromatic nitrogens is 4. The smallest absolute Gasteiger partial charge is 0.229 e. The van der Waals surface area contributed by atoms with Gasteiger partial charge in [0, 0.05) is 43.5 Å². The van der Waals surface area contributed by atoms with Crippen LogP contribution in [0.2, 0.25) is 0 Å². The van der Waals surface area contributed by atoms with Crippen molar-refractivity contribution in [3.63, 3.8) is 0 Å². The molecule has 3 heterocycles. The van der Waals surface area contributed by atoms with Crippen molar-refractivity contribution in [1.29, 1.82) is 0 Å². The molecule has 1 aliphatic carbocycles. The molecule has 2 aromatic rings. The maximum Gasteiger partial charge on any atom is 0.229 e. The van der Waals surface area contributed by atoms with Crippen molar-refractivity contribution in [2.45, 2.75) is 38.0 Å². The fraction of sp³-hybridized carbons (Fsp3) is 0.500. The summed E-state index contributed by atoms with van der Waals surface area (Å²) in [7, 11) is 0. The van der Waals surface area contributed by atoms with Crippen molar-refractivity contribution in [2.75, 3.05) is 18.4 Å². The van der Waals surface area contributed by atoms with Gasteiger partial charge in [-0.2, -0.15) is 0 Å². The van der Waals surface area contributed by atoms with E-state index in [-0.39, 0.29) is 11.8 Å². The molecule has 1 amide bonds. The Balaban J connectivity index is 1.42. The largest absolute Gasteiger partial charge is 0.342 e. The topological polar surface area (TPSA) is 83.9 Å². The summed E-state index contributed by atoms with van der Waals surface area (Å²) >= 11 is 0. The molecule has 7 nitrogen and oxygen atoms in total. The minimum absolute atomic E-state index is 0.247. The molecule has 2 aliphatic rings. The summed E-state index contributed by atoms with van der Waals surface area (Å²) in [5, 5.41) is 3.02. The fourth-order valence-corrected chi connectivity index (χ4v) is 3.76. The Kier molecular flexibility index (Phi) is 4.54. The monoisotopic (exact) mass is 338 g/mol. The molecule has 0 aromatic carbocycles. The fourth-order valence-electron chi connectivity index (χ4n) is 3.76. The Labute approximate surface area is 146 Å². The lowest BCUT2D eigenvalue weighted by Gasteiger charge is -2.20. The van der Waals surface area contributed by atoms with Crippen LogP contribution in [0.15, 0.2) is 30.7 Å². The minimum Gasteiger partial charge on any atom is -0.342 e. The van der Waals surface area contributed by atoms with Crippen LogP contribution in [0.5, 0.6) is 0 Å². The second kappa shape index (κ2) is 7.13. The van der Waals surface area contributed by atoms with Crippen LogP contribution >= 0.6 is 0 Å². The highest BCUT2D eigenvalue weighted by molar-refractivity contribution is 5.79. The van der Waals surface area contributed by atoms with E-state index in [0.29, 0.717) is 17.8 Å². The number of nitrogens with one attached hydrogen (secondary N) is 1. The van der Waals surface area contributed by atoms with E-state index in [1.807, 2.05) is 11.0 Å². The third-order valence-corrected chi connectivity index (χ3v) is 5.09. The predicted molar refractivity (Wildman–Crippen MR) is 93.2 cm³/mol. The zero-order valence-electron chi connectivity index (χ0n) is 14.1. The van der Waals surface area contributed by atoms with Gasteiger partial charge in [-0.15, -0.1) is 0 Å². The summed E-state index contributed by atoms with van der Waals surface area (Å²) in [6.45, 7) is 1.59. The van der Waals surface area contributed by atoms with Gasteiger partial charge in [0.05, 0.1) is 5.69 Å². The summed E-state index contributed by atoms with van der Waals surface area (Å²) in [6, 6.07) is 3.70. The number of hydrogen-bond donors (Lipinski definition) is 1. The third kappa shape index (κ3) is 3.60. The van der Waals surface area contributed by atoms with Gasteiger partial charge >= 0.3 is 0 Å². The summed E-state index contributed by atoms with van der Waals surface area (Å²) in [5.74, 6) is 1.82. The van der Waals surface area contributed by atoms with Crippen LogP contribution in [0, 0.1) is 5.92 Å². The molecule has 1 unspecified atom stereocenters. The maximum atomic E-state index is 12.6. The normalized spacial score (nSPS) is 20.8. The van der Waals surface area contributed by atoms with Crippen LogP contribution in [-0.4, -0.2) is 43.8 Å². The molecule has 7 heteroatoms. The number of amides is 1. The van der Waals surface area contributed by atoms with Crippen molar-refractivity contribution in [1.82, 2.24) is 24.8 Å². The molecule has 1 saturated heterocycles. The van der Waals surface area contributed by atoms with Crippen LogP contribution < -0.4 is 5.32 Å². The molecule has 0 bridgehead atoms. The number of carbonyl (C=O) groups is 1. The lowest BCUT2D eigenvalue weighted by Crippen LogP contribution is -2.33. The van der Waals surface area contributed by atoms with Crippen LogP contribution in [0.3, 0.4) is 0 Å². The van der Waals surface area contributed by atoms with E-state index >= 15 is 0 Å². The number of anilines is 2. The van der Waals surface area contributed by atoms with Gasteiger partial charge in [0.25, 0.3) is 0 Å². The van der Waals surface area contributed by atoms with E-state index in [1.54, 1.807) is 24.7 Å². The van der Waals surface area contributed by atoms with Gasteiger partial charge in [-0.3, -0.25) is 10.1 Å². The van der Waals surface area contributed by atoms with Gasteiger partial charge in [-0.1, -0.05) is 12.8 Å². The highest BCUT2D eigenvalue weighted by Gasteiger charge is 2.33. The molecular weight excluding hydrogens is 316 g/mol. The highest BCUT2D eigenvalue weighted by atomic mass is 16.2. The third-order valence-electron chi connectivity index (χ3n) is 5.09. The second-order valence-corrected chi connectivity index (χ2v) is 6.75. The van der Waals surface area contributed by atoms with Crippen LogP contribution in [0.4, 0.5) is 11.9 Å². The Morgan fingerprint density at radius 2 is 1.80 bits per heavy atom. The molecule has 1 N–H and O–H groups in total. The van der Waals surface area contributed by atoms with E-state index < -0.39 is 0 Å². The first-order valence-electron chi connectivity index (χ1n) is 8.95. The van der Waals surface area contributed by atoms with E-state index in [2.05, 4.69) is 25.3 Å². The summed E-state index contributed by atoms with van der Waals surface area (Å²) in [6.07, 6.45) is 10.5. The van der Waals surface area contributed by atoms with E-state index in [0.717, 1.165) is 38.0 Å². The lowest BCUT2D eigenvalue weighted by molar-refractivity contribution is -0.134. The highest BCUT2D eigenvalue weighted by Crippen LogP contribution is 2.31. The van der Waals surface area contributed by atoms with Gasteiger partial charge in [0.1, 0.15) is 0 Å². The number of likely N-dealkylation sites (tertiary alicyclic amines) is 1. The van der Waals surface area contributed by atoms with Gasteiger partial charge in [0.2, 0.25) is 17.8 Å². The van der Waals surface area contributed by atoms with Gasteiger partial charge in [-0.05, 0) is 31.4 Å². The summed E-state index contributed by atoms with van der Waals surface area (Å²) in [4.78, 5) is 31.7. The molecule has 2 fully saturated rings. The molecular formula is C18H22N6O. The molecule has 0 radical (unpaired) electrons. The van der Waals surface area contributed by atoms with Crippen LogP contribution in [0.1, 0.15) is 43.7 Å². The molecule has 1 aliphatic heterocycles. The number of hydrogen-bond acceptors (Lipinski definition) is 6. The van der Waals surface area contributed by atoms with Crippen molar-refractivity contribution in [3.05, 3.63) is 36.4 Å². The summed E-state index contributed by atoms with van der Waals surface area (Å²) < 4.78 is 0. The average molecular weight is 338 g/mol. The Morgan fingerprint density at radius 1 is 1.04 bits per heavy atom. The van der Waals surface area contributed by atoms with Gasteiger partial charge < -0.3 is 4.90 Å². The van der Waals surface area contributed by atoms with Gasteiger partial charge in [-0.25, -0.2) is 19.9 Å². The van der Waals surface area contributed by atoms with E-state index in [4.69, 9.17) is 0 Å². The minimum atomic E-state index is 0.247. The second-order valence-electron chi connectivity index (χ2n) is 6.75. The molecule has 25 heavy (non-hydrogen) atoms. The first-order valence-corrected chi connectivity index (χ1v) is 8.95. The molecule has 2 aromatic heterocycles. The molecule has 1 atom stereocenters. The molecule has 4 rings (SSSR count). The Hall–Kier alpha value is -2.57. The number of rotatable bonds is 4. The average Bonchev–Trinajstić information content (AvgIpc) is 3.34. The first kappa shape index (κ1) is 15.9.